The zero-order chi connectivity index (χ0) is 24.3. The predicted octanol–water partition coefficient (Wildman–Crippen LogP) is 9.03. The summed E-state index contributed by atoms with van der Waals surface area (Å²) in [7, 11) is 0. The van der Waals surface area contributed by atoms with Gasteiger partial charge < -0.3 is 0 Å². The lowest BCUT2D eigenvalue weighted by Gasteiger charge is -2.37. The Morgan fingerprint density at radius 3 is 1.06 bits per heavy atom. The molecule has 0 nitrogen and oxygen atoms in total. The first-order valence-corrected chi connectivity index (χ1v) is 12.4. The van der Waals surface area contributed by atoms with Crippen LogP contribution in [0.25, 0.3) is 11.1 Å². The highest BCUT2D eigenvalue weighted by Crippen LogP contribution is 2.45. The van der Waals surface area contributed by atoms with Crippen LogP contribution in [-0.4, -0.2) is 0 Å². The first kappa shape index (κ1) is 22.9. The fourth-order valence-corrected chi connectivity index (χ4v) is 5.14. The minimum Gasteiger partial charge on any atom is -0.0622 e. The summed E-state index contributed by atoms with van der Waals surface area (Å²) in [5, 5.41) is 0. The van der Waals surface area contributed by atoms with Gasteiger partial charge in [-0.25, -0.2) is 0 Å². The van der Waals surface area contributed by atoms with Crippen LogP contribution in [0.4, 0.5) is 0 Å². The standard InChI is InChI=1S/C35H32/c1-34(2,3)29-23-25-33(26-24-29)35(30-15-9-5-10-16-30,31-17-11-6-12-18-31)32-21-19-28(20-22-32)27-13-7-4-8-14-27/h4-26H,1-3H3. The molecule has 0 amide bonds. The van der Waals surface area contributed by atoms with E-state index in [0.717, 1.165) is 0 Å². The number of hydrogen-bond acceptors (Lipinski definition) is 0. The second-order valence-corrected chi connectivity index (χ2v) is 10.3. The van der Waals surface area contributed by atoms with Crippen LogP contribution in [0.3, 0.4) is 0 Å². The highest BCUT2D eigenvalue weighted by molar-refractivity contribution is 5.66. The van der Waals surface area contributed by atoms with Crippen molar-refractivity contribution < 1.29 is 0 Å². The van der Waals surface area contributed by atoms with Crippen molar-refractivity contribution in [3.63, 3.8) is 0 Å². The maximum atomic E-state index is 2.33. The van der Waals surface area contributed by atoms with Crippen LogP contribution >= 0.6 is 0 Å². The van der Waals surface area contributed by atoms with Gasteiger partial charge in [0.2, 0.25) is 0 Å². The van der Waals surface area contributed by atoms with E-state index in [1.54, 1.807) is 0 Å². The van der Waals surface area contributed by atoms with Gasteiger partial charge in [0.15, 0.2) is 0 Å². The number of benzene rings is 5. The Balaban J connectivity index is 1.77. The van der Waals surface area contributed by atoms with E-state index in [1.165, 1.54) is 38.9 Å². The summed E-state index contributed by atoms with van der Waals surface area (Å²) in [5.74, 6) is 0. The number of rotatable bonds is 5. The van der Waals surface area contributed by atoms with Crippen LogP contribution in [-0.2, 0) is 10.8 Å². The topological polar surface area (TPSA) is 0 Å². The van der Waals surface area contributed by atoms with E-state index in [0.29, 0.717) is 0 Å². The average Bonchev–Trinajstić information content (AvgIpc) is 2.91. The Bertz CT molecular complexity index is 1320. The van der Waals surface area contributed by atoms with Crippen LogP contribution < -0.4 is 0 Å². The largest absolute Gasteiger partial charge is 0.0701 e. The molecule has 0 aliphatic heterocycles. The Morgan fingerprint density at radius 2 is 0.629 bits per heavy atom. The Kier molecular flexibility index (Phi) is 6.14. The highest BCUT2D eigenvalue weighted by Gasteiger charge is 2.38. The minimum atomic E-state index is -0.422. The summed E-state index contributed by atoms with van der Waals surface area (Å²) in [6.07, 6.45) is 0. The van der Waals surface area contributed by atoms with Crippen molar-refractivity contribution in [1.82, 2.24) is 0 Å². The molecule has 0 saturated carbocycles. The van der Waals surface area contributed by atoms with E-state index in [9.17, 15) is 0 Å². The predicted molar refractivity (Wildman–Crippen MR) is 149 cm³/mol. The molecular formula is C35H32. The van der Waals surface area contributed by atoms with Gasteiger partial charge in [-0.2, -0.15) is 0 Å². The molecule has 0 aliphatic rings. The maximum Gasteiger partial charge on any atom is 0.0701 e. The minimum absolute atomic E-state index is 0.109. The van der Waals surface area contributed by atoms with Crippen LogP contribution in [0.15, 0.2) is 140 Å². The SMILES string of the molecule is CC(C)(C)c1ccc(C(c2ccccc2)(c2ccccc2)c2ccc(-c3ccccc3)cc2)cc1. The highest BCUT2D eigenvalue weighted by atomic mass is 14.4. The molecular weight excluding hydrogens is 420 g/mol. The average molecular weight is 453 g/mol. The van der Waals surface area contributed by atoms with E-state index in [-0.39, 0.29) is 5.41 Å². The van der Waals surface area contributed by atoms with Gasteiger partial charge in [0.1, 0.15) is 0 Å². The molecule has 0 saturated heterocycles. The summed E-state index contributed by atoms with van der Waals surface area (Å²) >= 11 is 0. The normalized spacial score (nSPS) is 11.9. The molecule has 0 heteroatoms. The molecule has 5 aromatic carbocycles. The Hall–Kier alpha value is -3.90. The third kappa shape index (κ3) is 4.33. The lowest BCUT2D eigenvalue weighted by molar-refractivity contribution is 0.589. The summed E-state index contributed by atoms with van der Waals surface area (Å²) in [6, 6.07) is 50.8. The van der Waals surface area contributed by atoms with Gasteiger partial charge in [-0.1, -0.05) is 160 Å². The second-order valence-electron chi connectivity index (χ2n) is 10.3. The molecule has 172 valence electrons. The molecule has 0 heterocycles. The molecule has 0 aliphatic carbocycles. The quantitative estimate of drug-likeness (QED) is 0.233. The molecule has 0 spiro atoms. The molecule has 35 heavy (non-hydrogen) atoms. The smallest absolute Gasteiger partial charge is 0.0622 e. The first-order valence-electron chi connectivity index (χ1n) is 12.4. The Morgan fingerprint density at radius 1 is 0.314 bits per heavy atom. The summed E-state index contributed by atoms with van der Waals surface area (Å²) < 4.78 is 0. The van der Waals surface area contributed by atoms with E-state index in [1.807, 2.05) is 0 Å². The van der Waals surface area contributed by atoms with Crippen molar-refractivity contribution >= 4 is 0 Å². The summed E-state index contributed by atoms with van der Waals surface area (Å²) in [4.78, 5) is 0. The third-order valence-corrected chi connectivity index (χ3v) is 7.02. The molecule has 0 bridgehead atoms. The van der Waals surface area contributed by atoms with Crippen LogP contribution in [0.1, 0.15) is 48.6 Å². The lowest BCUT2D eigenvalue weighted by Crippen LogP contribution is -2.31. The van der Waals surface area contributed by atoms with Crippen molar-refractivity contribution in [3.05, 3.63) is 167 Å². The van der Waals surface area contributed by atoms with Crippen molar-refractivity contribution in [2.45, 2.75) is 31.6 Å². The molecule has 0 atom stereocenters. The summed E-state index contributed by atoms with van der Waals surface area (Å²) in [5.41, 5.74) is 8.56. The van der Waals surface area contributed by atoms with Gasteiger partial charge in [0, 0.05) is 0 Å². The van der Waals surface area contributed by atoms with Gasteiger partial charge >= 0.3 is 0 Å². The molecule has 0 fully saturated rings. The van der Waals surface area contributed by atoms with Gasteiger partial charge in [-0.15, -0.1) is 0 Å². The van der Waals surface area contributed by atoms with Crippen molar-refractivity contribution in [2.24, 2.45) is 0 Å². The number of hydrogen-bond donors (Lipinski definition) is 0. The molecule has 5 aromatic rings. The molecule has 5 rings (SSSR count). The van der Waals surface area contributed by atoms with E-state index in [2.05, 4.69) is 160 Å². The fourth-order valence-electron chi connectivity index (χ4n) is 5.14. The lowest BCUT2D eigenvalue weighted by atomic mass is 9.64. The maximum absolute atomic E-state index is 2.33. The zero-order valence-electron chi connectivity index (χ0n) is 20.8. The van der Waals surface area contributed by atoms with Gasteiger partial charge in [0.25, 0.3) is 0 Å². The van der Waals surface area contributed by atoms with Crippen LogP contribution in [0.2, 0.25) is 0 Å². The van der Waals surface area contributed by atoms with Crippen molar-refractivity contribution in [1.29, 1.82) is 0 Å². The summed E-state index contributed by atoms with van der Waals surface area (Å²) in [6.45, 7) is 6.81. The van der Waals surface area contributed by atoms with Gasteiger partial charge in [-0.05, 0) is 44.4 Å². The third-order valence-electron chi connectivity index (χ3n) is 7.02. The van der Waals surface area contributed by atoms with E-state index in [4.69, 9.17) is 0 Å². The first-order chi connectivity index (χ1) is 17.0. The molecule has 0 unspecified atom stereocenters. The molecule has 0 N–H and O–H groups in total. The van der Waals surface area contributed by atoms with Crippen molar-refractivity contribution in [3.8, 4) is 11.1 Å². The second kappa shape index (κ2) is 9.39. The van der Waals surface area contributed by atoms with Gasteiger partial charge in [0.05, 0.1) is 5.41 Å². The zero-order valence-corrected chi connectivity index (χ0v) is 20.8. The Labute approximate surface area is 209 Å². The van der Waals surface area contributed by atoms with Crippen molar-refractivity contribution in [2.75, 3.05) is 0 Å². The monoisotopic (exact) mass is 452 g/mol. The van der Waals surface area contributed by atoms with Gasteiger partial charge in [-0.3, -0.25) is 0 Å². The fraction of sp³-hybridized carbons (Fsp3) is 0.143. The molecule has 0 aromatic heterocycles. The van der Waals surface area contributed by atoms with Crippen LogP contribution in [0.5, 0.6) is 0 Å². The molecule has 0 radical (unpaired) electrons. The van der Waals surface area contributed by atoms with E-state index >= 15 is 0 Å². The van der Waals surface area contributed by atoms with Crippen LogP contribution in [0, 0.1) is 0 Å². The van der Waals surface area contributed by atoms with E-state index < -0.39 is 5.41 Å².